The van der Waals surface area contributed by atoms with Crippen LogP contribution in [0.4, 0.5) is 11.4 Å². The quantitative estimate of drug-likeness (QED) is 0.159. The molecule has 0 aliphatic carbocycles. The predicted octanol–water partition coefficient (Wildman–Crippen LogP) is 2.05. The summed E-state index contributed by atoms with van der Waals surface area (Å²) in [5.41, 5.74) is 2.78. The summed E-state index contributed by atoms with van der Waals surface area (Å²) < 4.78 is 2.26. The Labute approximate surface area is 285 Å². The highest BCUT2D eigenvalue weighted by Crippen LogP contribution is 2.35. The maximum atomic E-state index is 11.1. The van der Waals surface area contributed by atoms with E-state index in [-0.39, 0.29) is 55.2 Å². The van der Waals surface area contributed by atoms with Gasteiger partial charge in [0.25, 0.3) is 11.4 Å². The molecular formula is C34H52Br2N4O4. The second-order valence-corrected chi connectivity index (χ2v) is 13.4. The predicted molar refractivity (Wildman–Crippen MR) is 168 cm³/mol. The van der Waals surface area contributed by atoms with Gasteiger partial charge < -0.3 is 42.9 Å². The van der Waals surface area contributed by atoms with E-state index in [1.165, 1.54) is 115 Å². The van der Waals surface area contributed by atoms with Crippen molar-refractivity contribution in [2.24, 2.45) is 11.8 Å². The van der Waals surface area contributed by atoms with Gasteiger partial charge >= 0.3 is 0 Å². The number of unbranched alkanes of at least 4 members (excludes halogenated alkanes) is 2. The molecular weight excluding hydrogens is 688 g/mol. The fourth-order valence-corrected chi connectivity index (χ4v) is 7.52. The van der Waals surface area contributed by atoms with E-state index in [2.05, 4.69) is 13.8 Å². The SMILES string of the molecule is CCCC[N+]1(Cc2ccc([N+](=O)[O-])cc2)CCC(CCC2CC[N+](CCCC)(Cc3ccc([N+](=O)[O-])cc3)CC2)CC1.[Br-].[Br-]. The van der Waals surface area contributed by atoms with Crippen molar-refractivity contribution in [3.05, 3.63) is 79.9 Å². The highest BCUT2D eigenvalue weighted by molar-refractivity contribution is 5.33. The van der Waals surface area contributed by atoms with Gasteiger partial charge in [0.1, 0.15) is 13.1 Å². The van der Waals surface area contributed by atoms with Crippen molar-refractivity contribution in [1.29, 1.82) is 0 Å². The van der Waals surface area contributed by atoms with Gasteiger partial charge in [-0.05, 0) is 87.5 Å². The van der Waals surface area contributed by atoms with Gasteiger partial charge in [-0.3, -0.25) is 20.2 Å². The van der Waals surface area contributed by atoms with Crippen LogP contribution in [-0.4, -0.2) is 58.1 Å². The molecule has 0 radical (unpaired) electrons. The average molecular weight is 741 g/mol. The summed E-state index contributed by atoms with van der Waals surface area (Å²) >= 11 is 0. The van der Waals surface area contributed by atoms with Crippen LogP contribution in [-0.2, 0) is 13.1 Å². The van der Waals surface area contributed by atoms with Crippen molar-refractivity contribution in [2.75, 3.05) is 39.3 Å². The summed E-state index contributed by atoms with van der Waals surface area (Å²) in [7, 11) is 0. The van der Waals surface area contributed by atoms with Gasteiger partial charge in [-0.25, -0.2) is 0 Å². The Morgan fingerprint density at radius 2 is 0.932 bits per heavy atom. The van der Waals surface area contributed by atoms with Crippen molar-refractivity contribution in [3.8, 4) is 0 Å². The summed E-state index contributed by atoms with van der Waals surface area (Å²) in [6.45, 7) is 13.8. The maximum absolute atomic E-state index is 11.1. The van der Waals surface area contributed by atoms with Gasteiger partial charge in [-0.2, -0.15) is 0 Å². The molecule has 10 heteroatoms. The smallest absolute Gasteiger partial charge is 0.269 e. The lowest BCUT2D eigenvalue weighted by molar-refractivity contribution is -0.946. The number of quaternary nitrogens is 2. The van der Waals surface area contributed by atoms with Crippen molar-refractivity contribution in [1.82, 2.24) is 0 Å². The molecule has 4 rings (SSSR count). The molecule has 0 aromatic heterocycles. The van der Waals surface area contributed by atoms with Crippen molar-refractivity contribution in [2.45, 2.75) is 91.1 Å². The molecule has 0 amide bonds. The highest BCUT2D eigenvalue weighted by atomic mass is 79.9. The molecule has 2 aromatic rings. The normalized spacial score (nSPS) is 25.0. The Bertz CT molecular complexity index is 1060. The van der Waals surface area contributed by atoms with Crippen LogP contribution in [0.2, 0.25) is 0 Å². The van der Waals surface area contributed by atoms with E-state index in [1.807, 2.05) is 24.3 Å². The van der Waals surface area contributed by atoms with E-state index in [0.717, 1.165) is 33.9 Å². The van der Waals surface area contributed by atoms with Crippen molar-refractivity contribution >= 4 is 11.4 Å². The molecule has 0 saturated carbocycles. The minimum absolute atomic E-state index is 0. The van der Waals surface area contributed by atoms with Crippen LogP contribution < -0.4 is 34.0 Å². The monoisotopic (exact) mass is 738 g/mol. The number of piperidine rings is 2. The van der Waals surface area contributed by atoms with Crippen LogP contribution in [0.3, 0.4) is 0 Å². The lowest BCUT2D eigenvalue weighted by Gasteiger charge is -2.45. The molecule has 8 nitrogen and oxygen atoms in total. The van der Waals surface area contributed by atoms with E-state index < -0.39 is 0 Å². The first-order chi connectivity index (χ1) is 20.3. The number of likely N-dealkylation sites (tertiary alicyclic amines) is 2. The zero-order valence-corrected chi connectivity index (χ0v) is 29.9. The summed E-state index contributed by atoms with van der Waals surface area (Å²) in [6.07, 6.45) is 12.7. The lowest BCUT2D eigenvalue weighted by atomic mass is 9.83. The summed E-state index contributed by atoms with van der Waals surface area (Å²) in [4.78, 5) is 21.5. The molecule has 0 N–H and O–H groups in total. The van der Waals surface area contributed by atoms with E-state index in [0.29, 0.717) is 0 Å². The summed E-state index contributed by atoms with van der Waals surface area (Å²) in [5, 5.41) is 22.2. The van der Waals surface area contributed by atoms with E-state index in [4.69, 9.17) is 0 Å². The number of rotatable bonds is 15. The molecule has 2 saturated heterocycles. The second-order valence-electron chi connectivity index (χ2n) is 13.4. The van der Waals surface area contributed by atoms with E-state index >= 15 is 0 Å². The third-order valence-electron chi connectivity index (χ3n) is 10.3. The number of benzene rings is 2. The topological polar surface area (TPSA) is 86.3 Å². The van der Waals surface area contributed by atoms with Crippen LogP contribution in [0.5, 0.6) is 0 Å². The first-order valence-corrected chi connectivity index (χ1v) is 16.4. The van der Waals surface area contributed by atoms with Gasteiger partial charge in [0.15, 0.2) is 0 Å². The highest BCUT2D eigenvalue weighted by Gasteiger charge is 2.36. The molecule has 2 heterocycles. The largest absolute Gasteiger partial charge is 1.00 e. The first-order valence-electron chi connectivity index (χ1n) is 16.4. The number of nitro benzene ring substituents is 2. The fraction of sp³-hybridized carbons (Fsp3) is 0.647. The third-order valence-corrected chi connectivity index (χ3v) is 10.3. The minimum Gasteiger partial charge on any atom is -1.00 e. The number of nitro groups is 2. The standard InChI is InChI=1S/C34H52N4O4.2BrH/c1-3-5-21-37(27-31-9-13-33(14-10-31)35(39)40)23-17-29(18-24-37)7-8-30-19-25-38(26-20-30,22-6-4-2)28-32-11-15-34(16-12-32)36(41)42;;/h9-16,29-30H,3-8,17-28H2,1-2H3;2*1H/q+2;;/p-2. The van der Waals surface area contributed by atoms with Crippen molar-refractivity contribution in [3.63, 3.8) is 0 Å². The lowest BCUT2D eigenvalue weighted by Crippen LogP contribution is -3.00. The number of halogens is 2. The minimum atomic E-state index is -0.313. The molecule has 0 atom stereocenters. The van der Waals surface area contributed by atoms with E-state index in [1.54, 1.807) is 24.3 Å². The molecule has 2 aliphatic rings. The number of hydrogen-bond acceptors (Lipinski definition) is 4. The molecule has 2 aliphatic heterocycles. The first kappa shape index (κ1) is 38.3. The van der Waals surface area contributed by atoms with E-state index in [9.17, 15) is 20.2 Å². The molecule has 44 heavy (non-hydrogen) atoms. The zero-order valence-electron chi connectivity index (χ0n) is 26.7. The van der Waals surface area contributed by atoms with Gasteiger partial charge in [-0.15, -0.1) is 0 Å². The van der Waals surface area contributed by atoms with Gasteiger partial charge in [0, 0.05) is 35.4 Å². The number of hydrogen-bond donors (Lipinski definition) is 0. The zero-order chi connectivity index (χ0) is 30.0. The molecule has 2 fully saturated rings. The number of nitrogens with zero attached hydrogens (tertiary/aromatic N) is 4. The molecule has 0 bridgehead atoms. The van der Waals surface area contributed by atoms with Crippen LogP contribution in [0.25, 0.3) is 0 Å². The Hall–Kier alpha value is -1.88. The van der Waals surface area contributed by atoms with Gasteiger partial charge in [0.2, 0.25) is 0 Å². The van der Waals surface area contributed by atoms with Crippen molar-refractivity contribution < 1.29 is 52.8 Å². The Morgan fingerprint density at radius 3 is 1.20 bits per heavy atom. The Kier molecular flexibility index (Phi) is 15.9. The molecule has 0 unspecified atom stereocenters. The molecule has 246 valence electrons. The van der Waals surface area contributed by atoms with Crippen LogP contribution in [0.15, 0.2) is 48.5 Å². The summed E-state index contributed by atoms with van der Waals surface area (Å²) in [6, 6.07) is 14.5. The molecule has 2 aromatic carbocycles. The number of non-ortho nitro benzene ring substituents is 2. The fourth-order valence-electron chi connectivity index (χ4n) is 7.52. The second kappa shape index (κ2) is 18.3. The maximum Gasteiger partial charge on any atom is 0.269 e. The summed E-state index contributed by atoms with van der Waals surface area (Å²) in [5.74, 6) is 1.63. The van der Waals surface area contributed by atoms with Crippen LogP contribution in [0, 0.1) is 32.1 Å². The average Bonchev–Trinajstić information content (AvgIpc) is 3.00. The van der Waals surface area contributed by atoms with Gasteiger partial charge in [-0.1, -0.05) is 26.7 Å². The van der Waals surface area contributed by atoms with Gasteiger partial charge in [0.05, 0.1) is 49.1 Å². The third kappa shape index (κ3) is 10.9. The Balaban J connectivity index is 0.00000337. The van der Waals surface area contributed by atoms with Crippen LogP contribution in [0.1, 0.15) is 89.2 Å². The van der Waals surface area contributed by atoms with Crippen LogP contribution >= 0.6 is 0 Å². The molecule has 0 spiro atoms. The Morgan fingerprint density at radius 1 is 0.614 bits per heavy atom.